The van der Waals surface area contributed by atoms with Gasteiger partial charge in [-0.3, -0.25) is 9.88 Å². The normalized spacial score (nSPS) is 14.0. The van der Waals surface area contributed by atoms with Crippen LogP contribution in [0.2, 0.25) is 0 Å². The Kier molecular flexibility index (Phi) is 4.39. The molecule has 138 valence electrons. The van der Waals surface area contributed by atoms with E-state index in [0.717, 1.165) is 54.5 Å². The van der Waals surface area contributed by atoms with Crippen molar-refractivity contribution in [3.8, 4) is 22.8 Å². The van der Waals surface area contributed by atoms with Crippen LogP contribution in [0.4, 0.5) is 0 Å². The predicted octanol–water partition coefficient (Wildman–Crippen LogP) is 3.75. The number of benzene rings is 1. The number of hydrogen-bond acceptors (Lipinski definition) is 6. The molecule has 0 amide bonds. The molecular formula is C22H19N5O. The Morgan fingerprint density at radius 1 is 1.00 bits per heavy atom. The number of pyridine rings is 1. The van der Waals surface area contributed by atoms with Gasteiger partial charge in [0.2, 0.25) is 0 Å². The average Bonchev–Trinajstić information content (AvgIpc) is 3.23. The minimum atomic E-state index is 0.675. The lowest BCUT2D eigenvalue weighted by atomic mass is 10.1. The van der Waals surface area contributed by atoms with Crippen LogP contribution < -0.4 is 0 Å². The molecule has 0 aliphatic carbocycles. The Morgan fingerprint density at radius 3 is 2.75 bits per heavy atom. The number of nitrogens with zero attached hydrogens (tertiary/aromatic N) is 5. The second-order valence-corrected chi connectivity index (χ2v) is 6.89. The number of fused-ring (bicyclic) bond motifs is 1. The van der Waals surface area contributed by atoms with Crippen LogP contribution in [0.5, 0.6) is 0 Å². The van der Waals surface area contributed by atoms with Crippen LogP contribution in [0.3, 0.4) is 0 Å². The third-order valence-corrected chi connectivity index (χ3v) is 4.92. The van der Waals surface area contributed by atoms with E-state index in [9.17, 15) is 0 Å². The molecule has 0 unspecified atom stereocenters. The number of hydrogen-bond donors (Lipinski definition) is 0. The fourth-order valence-electron chi connectivity index (χ4n) is 3.46. The predicted molar refractivity (Wildman–Crippen MR) is 105 cm³/mol. The highest BCUT2D eigenvalue weighted by Gasteiger charge is 2.20. The Labute approximate surface area is 162 Å². The van der Waals surface area contributed by atoms with Gasteiger partial charge < -0.3 is 4.52 Å². The van der Waals surface area contributed by atoms with Crippen LogP contribution in [-0.4, -0.2) is 31.6 Å². The van der Waals surface area contributed by atoms with Gasteiger partial charge in [0.15, 0.2) is 11.6 Å². The second-order valence-electron chi connectivity index (χ2n) is 6.89. The first-order valence-corrected chi connectivity index (χ1v) is 9.35. The molecule has 0 fully saturated rings. The molecule has 0 radical (unpaired) electrons. The van der Waals surface area contributed by atoms with Crippen molar-refractivity contribution in [3.05, 3.63) is 83.9 Å². The minimum absolute atomic E-state index is 0.675. The molecule has 6 heteroatoms. The van der Waals surface area contributed by atoms with E-state index in [1.807, 2.05) is 60.8 Å². The molecule has 1 aromatic carbocycles. The molecule has 3 aromatic heterocycles. The summed E-state index contributed by atoms with van der Waals surface area (Å²) >= 11 is 0. The van der Waals surface area contributed by atoms with Crippen LogP contribution in [0.15, 0.2) is 71.5 Å². The van der Waals surface area contributed by atoms with E-state index in [4.69, 9.17) is 9.51 Å². The van der Waals surface area contributed by atoms with Crippen molar-refractivity contribution in [2.45, 2.75) is 19.5 Å². The van der Waals surface area contributed by atoms with Crippen molar-refractivity contribution < 1.29 is 4.52 Å². The maximum atomic E-state index is 5.53. The van der Waals surface area contributed by atoms with Crippen LogP contribution in [0.25, 0.3) is 22.8 Å². The summed E-state index contributed by atoms with van der Waals surface area (Å²) in [5.74, 6) is 1.47. The Morgan fingerprint density at radius 2 is 1.89 bits per heavy atom. The maximum Gasteiger partial charge on any atom is 0.178 e. The lowest BCUT2D eigenvalue weighted by molar-refractivity contribution is 0.234. The first-order valence-electron chi connectivity index (χ1n) is 9.35. The smallest absolute Gasteiger partial charge is 0.178 e. The SMILES string of the molecule is c1ccc(-c2cc(CN3CCc4cnc(-c5ccccn5)nc4C3)no2)cc1. The lowest BCUT2D eigenvalue weighted by Gasteiger charge is -2.27. The molecule has 5 rings (SSSR count). The van der Waals surface area contributed by atoms with E-state index in [0.29, 0.717) is 5.82 Å². The van der Waals surface area contributed by atoms with Gasteiger partial charge in [-0.15, -0.1) is 0 Å². The zero-order valence-corrected chi connectivity index (χ0v) is 15.3. The summed E-state index contributed by atoms with van der Waals surface area (Å²) in [6.07, 6.45) is 4.63. The molecule has 0 spiro atoms. The van der Waals surface area contributed by atoms with E-state index < -0.39 is 0 Å². The highest BCUT2D eigenvalue weighted by molar-refractivity contribution is 5.56. The molecule has 1 aliphatic heterocycles. The average molecular weight is 369 g/mol. The van der Waals surface area contributed by atoms with E-state index in [1.165, 1.54) is 5.56 Å². The van der Waals surface area contributed by atoms with E-state index in [-0.39, 0.29) is 0 Å². The molecule has 0 N–H and O–H groups in total. The third kappa shape index (κ3) is 3.42. The fourth-order valence-corrected chi connectivity index (χ4v) is 3.46. The van der Waals surface area contributed by atoms with Crippen molar-refractivity contribution in [2.75, 3.05) is 6.54 Å². The largest absolute Gasteiger partial charge is 0.356 e. The first kappa shape index (κ1) is 16.8. The van der Waals surface area contributed by atoms with Gasteiger partial charge in [-0.05, 0) is 24.1 Å². The fraction of sp³-hybridized carbons (Fsp3) is 0.182. The van der Waals surface area contributed by atoms with Gasteiger partial charge in [-0.2, -0.15) is 0 Å². The van der Waals surface area contributed by atoms with Gasteiger partial charge in [0.25, 0.3) is 0 Å². The topological polar surface area (TPSA) is 67.9 Å². The Balaban J connectivity index is 1.33. The van der Waals surface area contributed by atoms with Gasteiger partial charge >= 0.3 is 0 Å². The van der Waals surface area contributed by atoms with Crippen LogP contribution >= 0.6 is 0 Å². The van der Waals surface area contributed by atoms with Gasteiger partial charge in [0, 0.05) is 43.7 Å². The summed E-state index contributed by atoms with van der Waals surface area (Å²) in [6.45, 7) is 2.46. The van der Waals surface area contributed by atoms with Gasteiger partial charge in [-0.1, -0.05) is 41.6 Å². The van der Waals surface area contributed by atoms with Crippen molar-refractivity contribution in [1.29, 1.82) is 0 Å². The van der Waals surface area contributed by atoms with Gasteiger partial charge in [-0.25, -0.2) is 9.97 Å². The summed E-state index contributed by atoms with van der Waals surface area (Å²) in [7, 11) is 0. The molecule has 28 heavy (non-hydrogen) atoms. The van der Waals surface area contributed by atoms with Crippen LogP contribution in [0.1, 0.15) is 17.0 Å². The molecule has 4 heterocycles. The van der Waals surface area contributed by atoms with E-state index in [2.05, 4.69) is 20.0 Å². The quantitative estimate of drug-likeness (QED) is 0.546. The maximum absolute atomic E-state index is 5.53. The molecular weight excluding hydrogens is 350 g/mol. The molecule has 0 bridgehead atoms. The number of aromatic nitrogens is 4. The minimum Gasteiger partial charge on any atom is -0.356 e. The summed E-state index contributed by atoms with van der Waals surface area (Å²) in [5, 5.41) is 4.25. The van der Waals surface area contributed by atoms with E-state index >= 15 is 0 Å². The van der Waals surface area contributed by atoms with Crippen molar-refractivity contribution >= 4 is 0 Å². The van der Waals surface area contributed by atoms with Crippen molar-refractivity contribution in [2.24, 2.45) is 0 Å². The summed E-state index contributed by atoms with van der Waals surface area (Å²) < 4.78 is 5.53. The third-order valence-electron chi connectivity index (χ3n) is 4.92. The molecule has 0 atom stereocenters. The summed E-state index contributed by atoms with van der Waals surface area (Å²) in [6, 6.07) is 17.8. The zero-order valence-electron chi connectivity index (χ0n) is 15.3. The molecule has 0 saturated heterocycles. The molecule has 0 saturated carbocycles. The molecule has 1 aliphatic rings. The molecule has 4 aromatic rings. The standard InChI is InChI=1S/C22H19N5O/c1-2-6-16(7-3-1)21-12-18(26-28-21)14-27-11-9-17-13-24-22(25-20(17)15-27)19-8-4-5-10-23-19/h1-8,10,12-13H,9,11,14-15H2. The van der Waals surface area contributed by atoms with Crippen LogP contribution in [0, 0.1) is 0 Å². The Hall–Kier alpha value is -3.38. The van der Waals surface area contributed by atoms with Crippen molar-refractivity contribution in [3.63, 3.8) is 0 Å². The Bertz CT molecular complexity index is 1080. The lowest BCUT2D eigenvalue weighted by Crippen LogP contribution is -2.31. The summed E-state index contributed by atoms with van der Waals surface area (Å²) in [5.41, 5.74) is 5.04. The van der Waals surface area contributed by atoms with Crippen LogP contribution in [-0.2, 0) is 19.5 Å². The van der Waals surface area contributed by atoms with Crippen molar-refractivity contribution in [1.82, 2.24) is 25.0 Å². The second kappa shape index (κ2) is 7.32. The van der Waals surface area contributed by atoms with E-state index in [1.54, 1.807) is 6.20 Å². The highest BCUT2D eigenvalue weighted by Crippen LogP contribution is 2.23. The van der Waals surface area contributed by atoms with Gasteiger partial charge in [0.05, 0.1) is 11.4 Å². The first-order chi connectivity index (χ1) is 13.8. The number of rotatable bonds is 4. The summed E-state index contributed by atoms with van der Waals surface area (Å²) in [4.78, 5) is 16.0. The van der Waals surface area contributed by atoms with Gasteiger partial charge in [0.1, 0.15) is 5.69 Å². The zero-order chi connectivity index (χ0) is 18.8. The monoisotopic (exact) mass is 369 g/mol. The molecule has 6 nitrogen and oxygen atoms in total. The highest BCUT2D eigenvalue weighted by atomic mass is 16.5.